The Morgan fingerprint density at radius 2 is 1.97 bits per heavy atom. The van der Waals surface area contributed by atoms with E-state index in [1.165, 1.54) is 5.52 Å². The van der Waals surface area contributed by atoms with Crippen LogP contribution >= 0.6 is 11.6 Å². The first-order valence-electron chi connectivity index (χ1n) is 10.7. The first kappa shape index (κ1) is 21.7. The molecule has 7 heteroatoms. The number of fused-ring (bicyclic) bond motifs is 1. The second-order valence-corrected chi connectivity index (χ2v) is 8.45. The lowest BCUT2D eigenvalue weighted by Crippen LogP contribution is -2.38. The van der Waals surface area contributed by atoms with Gasteiger partial charge in [0.05, 0.1) is 19.3 Å². The lowest BCUT2D eigenvalue weighted by atomic mass is 10.1. The predicted molar refractivity (Wildman–Crippen MR) is 126 cm³/mol. The molecule has 0 saturated carbocycles. The second kappa shape index (κ2) is 9.73. The van der Waals surface area contributed by atoms with Crippen molar-refractivity contribution in [1.29, 1.82) is 0 Å². The minimum atomic E-state index is -0.154. The largest absolute Gasteiger partial charge is 0.379 e. The Morgan fingerprint density at radius 3 is 2.74 bits per heavy atom. The number of aromatic nitrogens is 1. The highest BCUT2D eigenvalue weighted by Crippen LogP contribution is 2.24. The van der Waals surface area contributed by atoms with Gasteiger partial charge in [0.1, 0.15) is 0 Å². The van der Waals surface area contributed by atoms with Crippen molar-refractivity contribution in [3.8, 4) is 0 Å². The molecule has 2 amide bonds. The molecule has 1 N–H and O–H groups in total. The number of nitrogens with one attached hydrogen (secondary N) is 1. The fraction of sp³-hybridized carbons (Fsp3) is 0.375. The molecule has 1 atom stereocenters. The van der Waals surface area contributed by atoms with Crippen molar-refractivity contribution in [3.63, 3.8) is 0 Å². The number of rotatable bonds is 6. The Hall–Kier alpha value is -2.54. The van der Waals surface area contributed by atoms with E-state index in [-0.39, 0.29) is 12.1 Å². The molecule has 6 nitrogen and oxygen atoms in total. The zero-order chi connectivity index (χ0) is 21.8. The van der Waals surface area contributed by atoms with Crippen molar-refractivity contribution in [3.05, 3.63) is 65.3 Å². The summed E-state index contributed by atoms with van der Waals surface area (Å²) in [4.78, 5) is 16.9. The molecule has 0 aliphatic carbocycles. The van der Waals surface area contributed by atoms with Crippen LogP contribution in [0.4, 0.5) is 10.5 Å². The molecule has 2 heterocycles. The summed E-state index contributed by atoms with van der Waals surface area (Å²) in [6.07, 6.45) is 2.12. The van der Waals surface area contributed by atoms with E-state index in [0.29, 0.717) is 5.02 Å². The molecule has 4 rings (SSSR count). The van der Waals surface area contributed by atoms with E-state index in [4.69, 9.17) is 16.3 Å². The number of anilines is 1. The zero-order valence-corrected chi connectivity index (χ0v) is 18.8. The molecule has 3 aromatic rings. The van der Waals surface area contributed by atoms with Crippen molar-refractivity contribution in [2.24, 2.45) is 0 Å². The fourth-order valence-electron chi connectivity index (χ4n) is 3.92. The van der Waals surface area contributed by atoms with Crippen molar-refractivity contribution in [1.82, 2.24) is 14.4 Å². The van der Waals surface area contributed by atoms with E-state index in [2.05, 4.69) is 33.1 Å². The molecular formula is C24H29ClN4O2. The van der Waals surface area contributed by atoms with Crippen LogP contribution in [0, 0.1) is 0 Å². The van der Waals surface area contributed by atoms with Gasteiger partial charge < -0.3 is 19.5 Å². The molecule has 1 aromatic heterocycles. The van der Waals surface area contributed by atoms with Gasteiger partial charge in [0.25, 0.3) is 0 Å². The lowest BCUT2D eigenvalue weighted by molar-refractivity contribution is 0.0365. The number of carbonyl (C=O) groups is 1. The Morgan fingerprint density at radius 1 is 1.16 bits per heavy atom. The van der Waals surface area contributed by atoms with Gasteiger partial charge in [0.2, 0.25) is 0 Å². The summed E-state index contributed by atoms with van der Waals surface area (Å²) < 4.78 is 7.69. The maximum Gasteiger partial charge on any atom is 0.322 e. The van der Waals surface area contributed by atoms with Gasteiger partial charge >= 0.3 is 6.03 Å². The smallest absolute Gasteiger partial charge is 0.322 e. The van der Waals surface area contributed by atoms with E-state index in [1.807, 2.05) is 43.3 Å². The monoisotopic (exact) mass is 440 g/mol. The number of halogens is 1. The molecule has 0 radical (unpaired) electrons. The van der Waals surface area contributed by atoms with Crippen LogP contribution < -0.4 is 5.32 Å². The Labute approximate surface area is 188 Å². The molecule has 2 aromatic carbocycles. The highest BCUT2D eigenvalue weighted by Gasteiger charge is 2.18. The first-order chi connectivity index (χ1) is 15.0. The Balaban J connectivity index is 1.39. The molecule has 31 heavy (non-hydrogen) atoms. The molecule has 1 aliphatic heterocycles. The standard InChI is InChI=1S/C24H29ClN4O2/c1-18(19-4-3-5-21(25)16-19)27(2)24(30)26-22-6-7-23-20(17-22)8-9-29(23)11-10-28-12-14-31-15-13-28/h3-9,16-18H,10-15H2,1-2H3,(H,26,30). The molecule has 1 aliphatic rings. The van der Waals surface area contributed by atoms with Gasteiger partial charge in [-0.25, -0.2) is 4.79 Å². The SMILES string of the molecule is CC(c1cccc(Cl)c1)N(C)C(=O)Nc1ccc2c(ccn2CCN2CCOCC2)c1. The van der Waals surface area contributed by atoms with Crippen LogP contribution in [-0.2, 0) is 11.3 Å². The molecular weight excluding hydrogens is 412 g/mol. The summed E-state index contributed by atoms with van der Waals surface area (Å²) in [5.74, 6) is 0. The van der Waals surface area contributed by atoms with Gasteiger partial charge in [-0.1, -0.05) is 23.7 Å². The molecule has 164 valence electrons. The minimum Gasteiger partial charge on any atom is -0.379 e. The average molecular weight is 441 g/mol. The normalized spacial score (nSPS) is 15.7. The van der Waals surface area contributed by atoms with Crippen molar-refractivity contribution in [2.45, 2.75) is 19.5 Å². The summed E-state index contributed by atoms with van der Waals surface area (Å²) in [5, 5.41) is 4.80. The van der Waals surface area contributed by atoms with Crippen LogP contribution in [0.1, 0.15) is 18.5 Å². The van der Waals surface area contributed by atoms with Crippen molar-refractivity contribution in [2.75, 3.05) is 45.2 Å². The summed E-state index contributed by atoms with van der Waals surface area (Å²) in [6.45, 7) is 7.57. The molecule has 1 saturated heterocycles. The number of carbonyl (C=O) groups excluding carboxylic acids is 1. The van der Waals surface area contributed by atoms with E-state index in [9.17, 15) is 4.79 Å². The highest BCUT2D eigenvalue weighted by molar-refractivity contribution is 6.30. The predicted octanol–water partition coefficient (Wildman–Crippen LogP) is 4.85. The number of benzene rings is 2. The maximum atomic E-state index is 12.8. The van der Waals surface area contributed by atoms with Crippen LogP contribution in [0.5, 0.6) is 0 Å². The van der Waals surface area contributed by atoms with Crippen LogP contribution in [0.2, 0.25) is 5.02 Å². The van der Waals surface area contributed by atoms with E-state index < -0.39 is 0 Å². The molecule has 1 fully saturated rings. The van der Waals surface area contributed by atoms with Crippen LogP contribution in [0.15, 0.2) is 54.7 Å². The second-order valence-electron chi connectivity index (χ2n) is 8.01. The van der Waals surface area contributed by atoms with Gasteiger partial charge in [-0.15, -0.1) is 0 Å². The molecule has 0 spiro atoms. The number of urea groups is 1. The number of hydrogen-bond donors (Lipinski definition) is 1. The van der Waals surface area contributed by atoms with E-state index >= 15 is 0 Å². The summed E-state index contributed by atoms with van der Waals surface area (Å²) >= 11 is 6.10. The van der Waals surface area contributed by atoms with Gasteiger partial charge in [0, 0.05) is 61.0 Å². The summed E-state index contributed by atoms with van der Waals surface area (Å²) in [6, 6.07) is 15.5. The summed E-state index contributed by atoms with van der Waals surface area (Å²) in [5.41, 5.74) is 2.96. The maximum absolute atomic E-state index is 12.8. The van der Waals surface area contributed by atoms with Crippen molar-refractivity contribution < 1.29 is 9.53 Å². The zero-order valence-electron chi connectivity index (χ0n) is 18.1. The van der Waals surface area contributed by atoms with E-state index in [0.717, 1.165) is 56.0 Å². The fourth-order valence-corrected chi connectivity index (χ4v) is 4.12. The highest BCUT2D eigenvalue weighted by atomic mass is 35.5. The van der Waals surface area contributed by atoms with E-state index in [1.54, 1.807) is 11.9 Å². The van der Waals surface area contributed by atoms with Crippen molar-refractivity contribution >= 4 is 34.2 Å². The number of ether oxygens (including phenoxy) is 1. The third-order valence-electron chi connectivity index (χ3n) is 6.02. The van der Waals surface area contributed by atoms with Crippen LogP contribution in [0.25, 0.3) is 10.9 Å². The number of nitrogens with zero attached hydrogens (tertiary/aromatic N) is 3. The number of amides is 2. The lowest BCUT2D eigenvalue weighted by Gasteiger charge is -2.26. The van der Waals surface area contributed by atoms with Crippen LogP contribution in [0.3, 0.4) is 0 Å². The summed E-state index contributed by atoms with van der Waals surface area (Å²) in [7, 11) is 1.79. The molecule has 1 unspecified atom stereocenters. The number of hydrogen-bond acceptors (Lipinski definition) is 3. The topological polar surface area (TPSA) is 49.7 Å². The third kappa shape index (κ3) is 5.21. The van der Waals surface area contributed by atoms with Gasteiger partial charge in [0.15, 0.2) is 0 Å². The minimum absolute atomic E-state index is 0.0938. The molecule has 0 bridgehead atoms. The quantitative estimate of drug-likeness (QED) is 0.596. The Kier molecular flexibility index (Phi) is 6.80. The third-order valence-corrected chi connectivity index (χ3v) is 6.25. The van der Waals surface area contributed by atoms with Gasteiger partial charge in [-0.2, -0.15) is 0 Å². The van der Waals surface area contributed by atoms with Gasteiger partial charge in [-0.05, 0) is 48.9 Å². The van der Waals surface area contributed by atoms with Crippen LogP contribution in [-0.4, -0.2) is 60.3 Å². The number of morpholine rings is 1. The first-order valence-corrected chi connectivity index (χ1v) is 11.1. The Bertz CT molecular complexity index is 1040. The van der Waals surface area contributed by atoms with Gasteiger partial charge in [-0.3, -0.25) is 4.90 Å². The average Bonchev–Trinajstić information content (AvgIpc) is 3.19.